The Labute approximate surface area is 208 Å². The third kappa shape index (κ3) is 2.56. The second-order valence-electron chi connectivity index (χ2n) is 12.8. The van der Waals surface area contributed by atoms with Gasteiger partial charge in [-0.3, -0.25) is 9.69 Å². The smallest absolute Gasteiger partial charge is 0.270 e. The van der Waals surface area contributed by atoms with Crippen molar-refractivity contribution in [3.05, 3.63) is 53.4 Å². The first-order valence-electron chi connectivity index (χ1n) is 14.0. The van der Waals surface area contributed by atoms with Crippen LogP contribution in [0.25, 0.3) is 0 Å². The normalized spacial score (nSPS) is 41.0. The fourth-order valence-corrected chi connectivity index (χ4v) is 10.2. The van der Waals surface area contributed by atoms with E-state index in [1.54, 1.807) is 0 Å². The van der Waals surface area contributed by atoms with Gasteiger partial charge < -0.3 is 14.9 Å². The molecule has 1 N–H and O–H groups in total. The molecule has 5 unspecified atom stereocenters. The van der Waals surface area contributed by atoms with Crippen molar-refractivity contribution in [2.45, 2.75) is 68.9 Å². The number of fused-ring (bicyclic) bond motifs is 1. The Bertz CT molecular complexity index is 1170. The van der Waals surface area contributed by atoms with Crippen LogP contribution in [0.4, 0.5) is 0 Å². The number of aromatic hydroxyl groups is 1. The van der Waals surface area contributed by atoms with E-state index in [0.29, 0.717) is 35.1 Å². The third-order valence-electron chi connectivity index (χ3n) is 11.4. The molecule has 3 heterocycles. The van der Waals surface area contributed by atoms with Crippen molar-refractivity contribution in [2.24, 2.45) is 23.2 Å². The molecule has 0 radical (unpaired) electrons. The molecular formula is C30H37N3O2. The Hall–Kier alpha value is -2.27. The second-order valence-corrected chi connectivity index (χ2v) is 12.8. The molecule has 2 saturated heterocycles. The summed E-state index contributed by atoms with van der Waals surface area (Å²) in [4.78, 5) is 21.0. The number of piperidine rings is 1. The molecule has 5 nitrogen and oxygen atoms in total. The van der Waals surface area contributed by atoms with Gasteiger partial charge in [0, 0.05) is 43.8 Å². The maximum absolute atomic E-state index is 13.9. The number of nitrogens with zero attached hydrogens (tertiary/aromatic N) is 3. The maximum atomic E-state index is 13.9. The van der Waals surface area contributed by atoms with Gasteiger partial charge in [-0.2, -0.15) is 0 Å². The first-order chi connectivity index (χ1) is 17.0. The zero-order chi connectivity index (χ0) is 23.5. The van der Waals surface area contributed by atoms with Gasteiger partial charge in [0.05, 0.1) is 0 Å². The Kier molecular flexibility index (Phi) is 4.14. The van der Waals surface area contributed by atoms with E-state index in [1.807, 2.05) is 24.2 Å². The van der Waals surface area contributed by atoms with E-state index < -0.39 is 0 Å². The lowest BCUT2D eigenvalue weighted by atomic mass is 9.43. The van der Waals surface area contributed by atoms with Crippen LogP contribution in [0.15, 0.2) is 42.2 Å². The number of hydrogen-bond acceptors (Lipinski definition) is 4. The molecule has 4 aliphatic carbocycles. The fraction of sp³-hybridized carbons (Fsp3) is 0.633. The van der Waals surface area contributed by atoms with Crippen molar-refractivity contribution in [1.29, 1.82) is 0 Å². The van der Waals surface area contributed by atoms with Crippen molar-refractivity contribution in [2.75, 3.05) is 26.7 Å². The average molecular weight is 472 g/mol. The third-order valence-corrected chi connectivity index (χ3v) is 11.4. The number of carbonyl (C=O) groups excluding carboxylic acids is 1. The van der Waals surface area contributed by atoms with Gasteiger partial charge in [-0.05, 0) is 104 Å². The number of allylic oxidation sites excluding steroid dienone is 2. The molecule has 1 aromatic carbocycles. The van der Waals surface area contributed by atoms with E-state index in [1.165, 1.54) is 56.3 Å². The second kappa shape index (κ2) is 6.94. The predicted molar refractivity (Wildman–Crippen MR) is 135 cm³/mol. The minimum Gasteiger partial charge on any atom is -0.508 e. The molecule has 8 rings (SSSR count). The summed E-state index contributed by atoms with van der Waals surface area (Å²) >= 11 is 0. The molecule has 1 amide bonds. The van der Waals surface area contributed by atoms with Gasteiger partial charge in [-0.1, -0.05) is 18.2 Å². The molecule has 0 spiro atoms. The maximum Gasteiger partial charge on any atom is 0.270 e. The number of phenols is 1. The number of likely N-dealkylation sites (tertiary alicyclic amines) is 2. The number of hydrogen-bond donors (Lipinski definition) is 1. The lowest BCUT2D eigenvalue weighted by Gasteiger charge is -2.66. The average Bonchev–Trinajstić information content (AvgIpc) is 3.54. The van der Waals surface area contributed by atoms with Gasteiger partial charge in [0.2, 0.25) is 0 Å². The minimum atomic E-state index is 0.111. The summed E-state index contributed by atoms with van der Waals surface area (Å²) < 4.78 is 0. The van der Waals surface area contributed by atoms with Crippen molar-refractivity contribution in [3.8, 4) is 5.75 Å². The van der Waals surface area contributed by atoms with E-state index in [0.717, 1.165) is 37.4 Å². The summed E-state index contributed by atoms with van der Waals surface area (Å²) in [6.07, 6.45) is 15.9. The van der Waals surface area contributed by atoms with Crippen LogP contribution in [0.2, 0.25) is 0 Å². The van der Waals surface area contributed by atoms with E-state index in [2.05, 4.69) is 34.1 Å². The largest absolute Gasteiger partial charge is 0.508 e. The quantitative estimate of drug-likeness (QED) is 0.723. The highest BCUT2D eigenvalue weighted by atomic mass is 16.3. The van der Waals surface area contributed by atoms with Crippen LogP contribution in [-0.2, 0) is 16.6 Å². The van der Waals surface area contributed by atoms with Crippen LogP contribution in [0.1, 0.15) is 56.1 Å². The molecule has 5 heteroatoms. The first-order valence-corrected chi connectivity index (χ1v) is 14.0. The van der Waals surface area contributed by atoms with Crippen LogP contribution in [0.3, 0.4) is 0 Å². The zero-order valence-electron chi connectivity index (χ0n) is 20.8. The van der Waals surface area contributed by atoms with Crippen LogP contribution in [0.5, 0.6) is 5.75 Å². The fourth-order valence-electron chi connectivity index (χ4n) is 10.2. The molecule has 184 valence electrons. The number of carbonyl (C=O) groups is 1. The van der Waals surface area contributed by atoms with E-state index in [-0.39, 0.29) is 11.3 Å². The van der Waals surface area contributed by atoms with Gasteiger partial charge in [-0.15, -0.1) is 0 Å². The van der Waals surface area contributed by atoms with Crippen molar-refractivity contribution >= 4 is 5.91 Å². The van der Waals surface area contributed by atoms with Crippen LogP contribution in [0, 0.1) is 23.2 Å². The summed E-state index contributed by atoms with van der Waals surface area (Å²) in [6, 6.07) is 7.21. The van der Waals surface area contributed by atoms with E-state index in [4.69, 9.17) is 0 Å². The van der Waals surface area contributed by atoms with Gasteiger partial charge in [0.25, 0.3) is 5.91 Å². The summed E-state index contributed by atoms with van der Waals surface area (Å²) in [5.74, 6) is 2.66. The Morgan fingerprint density at radius 1 is 1.20 bits per heavy atom. The van der Waals surface area contributed by atoms with Gasteiger partial charge in [0.1, 0.15) is 11.4 Å². The summed E-state index contributed by atoms with van der Waals surface area (Å²) in [5, 5.41) is 10.6. The van der Waals surface area contributed by atoms with Crippen LogP contribution >= 0.6 is 0 Å². The minimum absolute atomic E-state index is 0.111. The Morgan fingerprint density at radius 3 is 2.91 bits per heavy atom. The standard InChI is InChI=1S/C30H37N3O2/c1-31-12-3-2-4-25(31)28(35)33-18-21-16-29-10-9-24(33)27(21)30(29)11-13-32(17-19-5-6-19)26(29)14-20-7-8-22(34)15-23(20)30/h3-4,7-8,12,15,19,21,24,26-27,34H,2,5-6,9-11,13-14,16-18H2,1H3/t21-,24?,26?,27?,29?,30?/m1/s1. The summed E-state index contributed by atoms with van der Waals surface area (Å²) in [5.41, 5.74) is 4.18. The molecule has 6 atom stereocenters. The van der Waals surface area contributed by atoms with Crippen LogP contribution < -0.4 is 0 Å². The van der Waals surface area contributed by atoms with Gasteiger partial charge in [0.15, 0.2) is 0 Å². The van der Waals surface area contributed by atoms with E-state index in [9.17, 15) is 9.90 Å². The topological polar surface area (TPSA) is 47.0 Å². The SMILES string of the molecule is CN1C=CCC=C1C(=O)N1C[C@H]2CC34CCC1C2C31CCN(CC2CC2)C4Cc2ccc(O)cc21. The molecule has 3 saturated carbocycles. The predicted octanol–water partition coefficient (Wildman–Crippen LogP) is 4.03. The number of benzene rings is 1. The van der Waals surface area contributed by atoms with Crippen molar-refractivity contribution in [1.82, 2.24) is 14.7 Å². The zero-order valence-corrected chi connectivity index (χ0v) is 20.8. The van der Waals surface area contributed by atoms with Gasteiger partial charge >= 0.3 is 0 Å². The van der Waals surface area contributed by atoms with Crippen molar-refractivity contribution in [3.63, 3.8) is 0 Å². The number of amides is 1. The lowest BCUT2D eigenvalue weighted by molar-refractivity contribution is -0.137. The molecule has 4 bridgehead atoms. The summed E-state index contributed by atoms with van der Waals surface area (Å²) in [7, 11) is 2.00. The number of likely N-dealkylation sites (N-methyl/N-ethyl adjacent to an activating group) is 1. The highest BCUT2D eigenvalue weighted by Crippen LogP contribution is 2.75. The number of phenolic OH excluding ortho intramolecular Hbond substituents is 1. The highest BCUT2D eigenvalue weighted by molar-refractivity contribution is 5.93. The molecule has 3 aliphatic heterocycles. The molecular weight excluding hydrogens is 434 g/mol. The molecule has 35 heavy (non-hydrogen) atoms. The first kappa shape index (κ1) is 20.9. The van der Waals surface area contributed by atoms with Crippen molar-refractivity contribution < 1.29 is 9.90 Å². The lowest BCUT2D eigenvalue weighted by Crippen LogP contribution is -2.70. The number of rotatable bonds is 3. The molecule has 5 fully saturated rings. The monoisotopic (exact) mass is 471 g/mol. The molecule has 0 aromatic heterocycles. The Balaban J connectivity index is 1.23. The molecule has 7 aliphatic rings. The van der Waals surface area contributed by atoms with E-state index >= 15 is 0 Å². The van der Waals surface area contributed by atoms with Crippen LogP contribution in [-0.4, -0.2) is 64.5 Å². The highest BCUT2D eigenvalue weighted by Gasteiger charge is 2.76. The summed E-state index contributed by atoms with van der Waals surface area (Å²) in [6.45, 7) is 3.38. The van der Waals surface area contributed by atoms with Gasteiger partial charge in [-0.25, -0.2) is 0 Å². The molecule has 1 aromatic rings. The Morgan fingerprint density at radius 2 is 2.09 bits per heavy atom.